The van der Waals surface area contributed by atoms with Gasteiger partial charge < -0.3 is 19.4 Å². The van der Waals surface area contributed by atoms with Gasteiger partial charge >= 0.3 is 0 Å². The lowest BCUT2D eigenvalue weighted by atomic mass is 10.1. The van der Waals surface area contributed by atoms with E-state index in [-0.39, 0.29) is 5.91 Å². The summed E-state index contributed by atoms with van der Waals surface area (Å²) in [5, 5.41) is 3.29. The molecule has 1 fully saturated rings. The van der Waals surface area contributed by atoms with E-state index in [2.05, 4.69) is 5.32 Å². The Labute approximate surface area is 129 Å². The Kier molecular flexibility index (Phi) is 4.75. The molecule has 1 aromatic carbocycles. The number of anilines is 1. The van der Waals surface area contributed by atoms with Gasteiger partial charge in [-0.15, -0.1) is 0 Å². The fourth-order valence-electron chi connectivity index (χ4n) is 2.44. The number of rotatable bonds is 5. The van der Waals surface area contributed by atoms with Crippen LogP contribution in [0.25, 0.3) is 0 Å². The summed E-state index contributed by atoms with van der Waals surface area (Å²) in [6, 6.07) is 11.8. The van der Waals surface area contributed by atoms with Gasteiger partial charge in [-0.25, -0.2) is 0 Å². The number of benzene rings is 1. The predicted octanol–water partition coefficient (Wildman–Crippen LogP) is 2.29. The molecule has 1 N–H and O–H groups in total. The Morgan fingerprint density at radius 3 is 2.59 bits per heavy atom. The third-order valence-corrected chi connectivity index (χ3v) is 3.72. The Hall–Kier alpha value is -2.27. The first-order valence-corrected chi connectivity index (χ1v) is 7.52. The van der Waals surface area contributed by atoms with Crippen molar-refractivity contribution >= 4 is 11.6 Å². The van der Waals surface area contributed by atoms with Crippen LogP contribution in [-0.4, -0.2) is 37.1 Å². The van der Waals surface area contributed by atoms with Crippen molar-refractivity contribution in [2.75, 3.05) is 31.6 Å². The van der Waals surface area contributed by atoms with Crippen LogP contribution in [0.4, 0.5) is 5.69 Å². The number of ether oxygens (including phenoxy) is 1. The highest BCUT2D eigenvalue weighted by Gasteiger charge is 2.16. The van der Waals surface area contributed by atoms with Crippen molar-refractivity contribution < 1.29 is 13.9 Å². The lowest BCUT2D eigenvalue weighted by molar-refractivity contribution is -0.134. The molecule has 0 radical (unpaired) electrons. The van der Waals surface area contributed by atoms with E-state index in [0.717, 1.165) is 17.0 Å². The average Bonchev–Trinajstić information content (AvgIpc) is 3.08. The van der Waals surface area contributed by atoms with Crippen LogP contribution < -0.4 is 5.32 Å². The number of morpholine rings is 1. The molecule has 22 heavy (non-hydrogen) atoms. The molecule has 116 valence electrons. The van der Waals surface area contributed by atoms with Crippen molar-refractivity contribution in [3.63, 3.8) is 0 Å². The molecular weight excluding hydrogens is 280 g/mol. The normalized spacial score (nSPS) is 14.8. The highest BCUT2D eigenvalue weighted by Crippen LogP contribution is 2.13. The smallest absolute Gasteiger partial charge is 0.227 e. The molecule has 0 spiro atoms. The summed E-state index contributed by atoms with van der Waals surface area (Å²) in [6.07, 6.45) is 2.11. The van der Waals surface area contributed by atoms with Gasteiger partial charge in [-0.1, -0.05) is 12.1 Å². The van der Waals surface area contributed by atoms with Crippen molar-refractivity contribution in [1.82, 2.24) is 4.90 Å². The molecule has 0 atom stereocenters. The van der Waals surface area contributed by atoms with E-state index in [4.69, 9.17) is 9.15 Å². The summed E-state index contributed by atoms with van der Waals surface area (Å²) >= 11 is 0. The Bertz CT molecular complexity index is 587. The molecule has 0 aliphatic carbocycles. The van der Waals surface area contributed by atoms with E-state index in [1.807, 2.05) is 41.3 Å². The first-order valence-electron chi connectivity index (χ1n) is 7.52. The monoisotopic (exact) mass is 300 g/mol. The fourth-order valence-corrected chi connectivity index (χ4v) is 2.44. The van der Waals surface area contributed by atoms with Crippen LogP contribution in [0.15, 0.2) is 47.1 Å². The van der Waals surface area contributed by atoms with Gasteiger partial charge in [0.2, 0.25) is 5.91 Å². The maximum Gasteiger partial charge on any atom is 0.227 e. The zero-order valence-corrected chi connectivity index (χ0v) is 12.5. The van der Waals surface area contributed by atoms with Crippen molar-refractivity contribution in [3.05, 3.63) is 54.0 Å². The van der Waals surface area contributed by atoms with E-state index in [1.54, 1.807) is 6.26 Å². The number of nitrogens with one attached hydrogen (secondary N) is 1. The summed E-state index contributed by atoms with van der Waals surface area (Å²) < 4.78 is 10.5. The lowest BCUT2D eigenvalue weighted by Gasteiger charge is -2.26. The lowest BCUT2D eigenvalue weighted by Crippen LogP contribution is -2.41. The van der Waals surface area contributed by atoms with Crippen LogP contribution in [0, 0.1) is 0 Å². The third-order valence-electron chi connectivity index (χ3n) is 3.72. The molecular formula is C17H20N2O3. The minimum atomic E-state index is 0.166. The van der Waals surface area contributed by atoms with Crippen LogP contribution in [0.2, 0.25) is 0 Å². The minimum absolute atomic E-state index is 0.166. The van der Waals surface area contributed by atoms with Gasteiger partial charge in [0, 0.05) is 18.8 Å². The van der Waals surface area contributed by atoms with Gasteiger partial charge in [0.25, 0.3) is 0 Å². The fraction of sp³-hybridized carbons (Fsp3) is 0.353. The number of hydrogen-bond acceptors (Lipinski definition) is 4. The third kappa shape index (κ3) is 3.89. The molecule has 1 amide bonds. The first kappa shape index (κ1) is 14.7. The second kappa shape index (κ2) is 7.13. The first-order chi connectivity index (χ1) is 10.8. The Morgan fingerprint density at radius 1 is 1.14 bits per heavy atom. The maximum atomic E-state index is 12.2. The largest absolute Gasteiger partial charge is 0.467 e. The molecule has 5 heteroatoms. The van der Waals surface area contributed by atoms with E-state index < -0.39 is 0 Å². The Morgan fingerprint density at radius 2 is 1.91 bits per heavy atom. The van der Waals surface area contributed by atoms with Gasteiger partial charge in [-0.05, 0) is 29.8 Å². The summed E-state index contributed by atoms with van der Waals surface area (Å²) in [6.45, 7) is 3.32. The second-order valence-corrected chi connectivity index (χ2v) is 5.30. The Balaban J connectivity index is 1.51. The quantitative estimate of drug-likeness (QED) is 0.920. The van der Waals surface area contributed by atoms with Gasteiger partial charge in [0.1, 0.15) is 5.76 Å². The molecule has 0 unspecified atom stereocenters. The molecule has 1 aromatic heterocycles. The van der Waals surface area contributed by atoms with Gasteiger partial charge in [-0.3, -0.25) is 4.79 Å². The van der Waals surface area contributed by atoms with E-state index in [0.29, 0.717) is 39.3 Å². The summed E-state index contributed by atoms with van der Waals surface area (Å²) in [7, 11) is 0. The highest BCUT2D eigenvalue weighted by molar-refractivity contribution is 5.79. The molecule has 0 saturated carbocycles. The molecule has 2 aromatic rings. The molecule has 1 aliphatic heterocycles. The number of amides is 1. The topological polar surface area (TPSA) is 54.7 Å². The van der Waals surface area contributed by atoms with Crippen molar-refractivity contribution in [2.24, 2.45) is 0 Å². The molecule has 5 nitrogen and oxygen atoms in total. The minimum Gasteiger partial charge on any atom is -0.467 e. The summed E-state index contributed by atoms with van der Waals surface area (Å²) in [5.41, 5.74) is 2.04. The van der Waals surface area contributed by atoms with Crippen LogP contribution in [-0.2, 0) is 22.5 Å². The zero-order chi connectivity index (χ0) is 15.2. The summed E-state index contributed by atoms with van der Waals surface area (Å²) in [5.74, 6) is 1.06. The molecule has 1 saturated heterocycles. The van der Waals surface area contributed by atoms with Crippen molar-refractivity contribution in [1.29, 1.82) is 0 Å². The second-order valence-electron chi connectivity index (χ2n) is 5.30. The molecule has 3 rings (SSSR count). The van der Waals surface area contributed by atoms with E-state index >= 15 is 0 Å². The van der Waals surface area contributed by atoms with Gasteiger partial charge in [-0.2, -0.15) is 0 Å². The number of carbonyl (C=O) groups is 1. The summed E-state index contributed by atoms with van der Waals surface area (Å²) in [4.78, 5) is 14.0. The number of hydrogen-bond donors (Lipinski definition) is 1. The van der Waals surface area contributed by atoms with Crippen LogP contribution in [0.3, 0.4) is 0 Å². The standard InChI is InChI=1S/C17H20N2O3/c20-17(19-7-10-21-11-8-19)12-14-3-5-15(6-4-14)18-13-16-2-1-9-22-16/h1-6,9,18H,7-8,10-13H2. The number of nitrogens with zero attached hydrogens (tertiary/aromatic N) is 1. The molecule has 2 heterocycles. The van der Waals surface area contributed by atoms with Gasteiger partial charge in [0.15, 0.2) is 0 Å². The number of carbonyl (C=O) groups excluding carboxylic acids is 1. The van der Waals surface area contributed by atoms with Crippen molar-refractivity contribution in [3.8, 4) is 0 Å². The SMILES string of the molecule is O=C(Cc1ccc(NCc2ccco2)cc1)N1CCOCC1. The highest BCUT2D eigenvalue weighted by atomic mass is 16.5. The van der Waals surface area contributed by atoms with E-state index in [9.17, 15) is 4.79 Å². The van der Waals surface area contributed by atoms with Crippen molar-refractivity contribution in [2.45, 2.75) is 13.0 Å². The molecule has 1 aliphatic rings. The van der Waals surface area contributed by atoms with E-state index in [1.165, 1.54) is 0 Å². The average molecular weight is 300 g/mol. The van der Waals surface area contributed by atoms with Crippen LogP contribution in [0.1, 0.15) is 11.3 Å². The molecule has 0 bridgehead atoms. The van der Waals surface area contributed by atoms with Crippen LogP contribution in [0.5, 0.6) is 0 Å². The van der Waals surface area contributed by atoms with Gasteiger partial charge in [0.05, 0.1) is 32.4 Å². The zero-order valence-electron chi connectivity index (χ0n) is 12.5. The predicted molar refractivity (Wildman–Crippen MR) is 83.6 cm³/mol. The number of furan rings is 1. The maximum absolute atomic E-state index is 12.2. The van der Waals surface area contributed by atoms with Crippen LogP contribution >= 0.6 is 0 Å².